The van der Waals surface area contributed by atoms with E-state index < -0.39 is 11.9 Å². The first-order chi connectivity index (χ1) is 12.3. The van der Waals surface area contributed by atoms with E-state index in [1.807, 2.05) is 0 Å². The van der Waals surface area contributed by atoms with Gasteiger partial charge in [-0.3, -0.25) is 4.79 Å². The number of hydrogen-bond acceptors (Lipinski definition) is 4. The Morgan fingerprint density at radius 2 is 1.81 bits per heavy atom. The number of carbonyl (C=O) groups excluding carboxylic acids is 1. The highest BCUT2D eigenvalue weighted by atomic mass is 35.5. The zero-order valence-corrected chi connectivity index (χ0v) is 15.4. The fraction of sp³-hybridized carbons (Fsp3) is 0.111. The summed E-state index contributed by atoms with van der Waals surface area (Å²) in [5, 5.41) is 12.2. The van der Waals surface area contributed by atoms with E-state index in [9.17, 15) is 14.7 Å². The van der Waals surface area contributed by atoms with Gasteiger partial charge in [-0.15, -0.1) is 0 Å². The minimum absolute atomic E-state index is 0.0980. The molecule has 6 nitrogen and oxygen atoms in total. The van der Waals surface area contributed by atoms with Gasteiger partial charge in [0.25, 0.3) is 5.91 Å². The van der Waals surface area contributed by atoms with Crippen molar-refractivity contribution in [1.82, 2.24) is 5.32 Å². The van der Waals surface area contributed by atoms with Crippen molar-refractivity contribution in [2.75, 3.05) is 14.2 Å². The molecule has 0 aliphatic carbocycles. The van der Waals surface area contributed by atoms with Gasteiger partial charge in [-0.1, -0.05) is 23.2 Å². The van der Waals surface area contributed by atoms with Crippen molar-refractivity contribution < 1.29 is 24.2 Å². The van der Waals surface area contributed by atoms with Crippen molar-refractivity contribution >= 4 is 41.2 Å². The smallest absolute Gasteiger partial charge is 0.352 e. The second kappa shape index (κ2) is 8.60. The molecule has 2 rings (SSSR count). The number of carboxylic acid groups (broad SMARTS) is 1. The average molecular weight is 396 g/mol. The molecule has 0 aliphatic rings. The molecule has 0 unspecified atom stereocenters. The summed E-state index contributed by atoms with van der Waals surface area (Å²) in [7, 11) is 2.93. The van der Waals surface area contributed by atoms with Crippen molar-refractivity contribution in [3.05, 3.63) is 63.3 Å². The van der Waals surface area contributed by atoms with Crippen LogP contribution in [0.15, 0.2) is 42.1 Å². The number of carbonyl (C=O) groups is 2. The Morgan fingerprint density at radius 1 is 1.08 bits per heavy atom. The highest BCUT2D eigenvalue weighted by Gasteiger charge is 2.17. The number of ether oxygens (including phenoxy) is 2. The number of carboxylic acids is 1. The van der Waals surface area contributed by atoms with Gasteiger partial charge in [0.1, 0.15) is 17.2 Å². The van der Waals surface area contributed by atoms with Crippen molar-refractivity contribution in [2.24, 2.45) is 0 Å². The molecule has 0 fully saturated rings. The van der Waals surface area contributed by atoms with Crippen molar-refractivity contribution in [3.63, 3.8) is 0 Å². The maximum atomic E-state index is 12.4. The number of hydrogen-bond donors (Lipinski definition) is 2. The van der Waals surface area contributed by atoms with Crippen LogP contribution < -0.4 is 14.8 Å². The Balaban J connectivity index is 2.39. The molecule has 0 saturated carbocycles. The van der Waals surface area contributed by atoms with Gasteiger partial charge in [-0.25, -0.2) is 4.79 Å². The number of halogens is 2. The lowest BCUT2D eigenvalue weighted by Gasteiger charge is -2.10. The third-order valence-electron chi connectivity index (χ3n) is 3.39. The van der Waals surface area contributed by atoms with Crippen LogP contribution in [0.25, 0.3) is 6.08 Å². The van der Waals surface area contributed by atoms with Crippen LogP contribution in [0.4, 0.5) is 0 Å². The molecule has 0 spiro atoms. The topological polar surface area (TPSA) is 84.9 Å². The quantitative estimate of drug-likeness (QED) is 0.725. The van der Waals surface area contributed by atoms with Crippen LogP contribution in [0.2, 0.25) is 10.0 Å². The minimum atomic E-state index is -1.33. The summed E-state index contributed by atoms with van der Waals surface area (Å²) in [5.74, 6) is -1.08. The molecule has 0 heterocycles. The summed E-state index contributed by atoms with van der Waals surface area (Å²) in [4.78, 5) is 23.9. The second-order valence-electron chi connectivity index (χ2n) is 5.05. The Kier molecular flexibility index (Phi) is 6.49. The molecule has 0 aromatic heterocycles. The fourth-order valence-corrected chi connectivity index (χ4v) is 2.62. The summed E-state index contributed by atoms with van der Waals surface area (Å²) < 4.78 is 10.3. The van der Waals surface area contributed by atoms with Gasteiger partial charge in [0.2, 0.25) is 0 Å². The van der Waals surface area contributed by atoms with E-state index in [0.29, 0.717) is 22.1 Å². The first-order valence-corrected chi connectivity index (χ1v) is 8.04. The fourth-order valence-electron chi connectivity index (χ4n) is 2.12. The summed E-state index contributed by atoms with van der Waals surface area (Å²) in [6.07, 6.45) is 1.27. The molecular weight excluding hydrogens is 381 g/mol. The van der Waals surface area contributed by atoms with Crippen LogP contribution in [-0.4, -0.2) is 31.2 Å². The summed E-state index contributed by atoms with van der Waals surface area (Å²) >= 11 is 11.8. The lowest BCUT2D eigenvalue weighted by atomic mass is 10.1. The van der Waals surface area contributed by atoms with E-state index in [1.54, 1.807) is 18.2 Å². The summed E-state index contributed by atoms with van der Waals surface area (Å²) in [6, 6.07) is 9.17. The molecule has 136 valence electrons. The van der Waals surface area contributed by atoms with Crippen LogP contribution in [-0.2, 0) is 4.79 Å². The molecule has 26 heavy (non-hydrogen) atoms. The molecule has 2 aromatic rings. The number of amides is 1. The van der Waals surface area contributed by atoms with Crippen LogP contribution in [0, 0.1) is 0 Å². The molecule has 0 aliphatic heterocycles. The number of aliphatic carboxylic acids is 1. The van der Waals surface area contributed by atoms with Crippen molar-refractivity contribution in [1.29, 1.82) is 0 Å². The lowest BCUT2D eigenvalue weighted by molar-refractivity contribution is -0.132. The maximum Gasteiger partial charge on any atom is 0.352 e. The third kappa shape index (κ3) is 4.68. The van der Waals surface area contributed by atoms with Gasteiger partial charge in [0.05, 0.1) is 24.8 Å². The van der Waals surface area contributed by atoms with Gasteiger partial charge >= 0.3 is 5.97 Å². The molecule has 1 amide bonds. The van der Waals surface area contributed by atoms with Crippen LogP contribution >= 0.6 is 23.2 Å². The first kappa shape index (κ1) is 19.6. The highest BCUT2D eigenvalue weighted by molar-refractivity contribution is 6.36. The Bertz CT molecular complexity index is 880. The summed E-state index contributed by atoms with van der Waals surface area (Å²) in [5.41, 5.74) is 0.167. The van der Waals surface area contributed by atoms with Crippen molar-refractivity contribution in [3.8, 4) is 11.5 Å². The molecule has 0 saturated heterocycles. The molecule has 0 atom stereocenters. The molecular formula is C18H15Cl2NO5. The third-order valence-corrected chi connectivity index (χ3v) is 3.94. The number of rotatable bonds is 6. The van der Waals surface area contributed by atoms with Gasteiger partial charge < -0.3 is 19.9 Å². The van der Waals surface area contributed by atoms with E-state index in [1.165, 1.54) is 38.5 Å². The van der Waals surface area contributed by atoms with E-state index in [4.69, 9.17) is 32.7 Å². The lowest BCUT2D eigenvalue weighted by Crippen LogP contribution is -2.27. The van der Waals surface area contributed by atoms with E-state index in [2.05, 4.69) is 5.32 Å². The predicted octanol–water partition coefficient (Wildman–Crippen LogP) is 3.87. The number of nitrogens with one attached hydrogen (secondary N) is 1. The largest absolute Gasteiger partial charge is 0.497 e. The molecule has 2 N–H and O–H groups in total. The van der Waals surface area contributed by atoms with Gasteiger partial charge in [-0.2, -0.15) is 0 Å². The predicted molar refractivity (Wildman–Crippen MR) is 99.1 cm³/mol. The Labute approximate surface area is 159 Å². The standard InChI is InChI=1S/C18H15Cl2NO5/c1-25-12-4-6-16(26-2)10(7-12)8-15(18(23)24)21-17(22)13-5-3-11(19)9-14(13)20/h3-9H,1-2H3,(H,21,22)(H,23,24). The van der Waals surface area contributed by atoms with Crippen LogP contribution in [0.5, 0.6) is 11.5 Å². The zero-order valence-electron chi connectivity index (χ0n) is 13.9. The molecule has 0 bridgehead atoms. The Morgan fingerprint density at radius 3 is 2.38 bits per heavy atom. The number of benzene rings is 2. The monoisotopic (exact) mass is 395 g/mol. The highest BCUT2D eigenvalue weighted by Crippen LogP contribution is 2.26. The zero-order chi connectivity index (χ0) is 19.3. The number of methoxy groups -OCH3 is 2. The van der Waals surface area contributed by atoms with Gasteiger partial charge in [-0.05, 0) is 42.5 Å². The van der Waals surface area contributed by atoms with Crippen LogP contribution in [0.3, 0.4) is 0 Å². The van der Waals surface area contributed by atoms with Crippen LogP contribution in [0.1, 0.15) is 15.9 Å². The van der Waals surface area contributed by atoms with E-state index in [-0.39, 0.29) is 16.3 Å². The second-order valence-corrected chi connectivity index (χ2v) is 5.89. The van der Waals surface area contributed by atoms with Gasteiger partial charge in [0, 0.05) is 10.6 Å². The average Bonchev–Trinajstić information content (AvgIpc) is 2.60. The minimum Gasteiger partial charge on any atom is -0.497 e. The molecule has 0 radical (unpaired) electrons. The normalized spacial score (nSPS) is 11.0. The Hall–Kier alpha value is -2.70. The SMILES string of the molecule is COc1ccc(OC)c(C=C(NC(=O)c2ccc(Cl)cc2Cl)C(=O)O)c1. The van der Waals surface area contributed by atoms with E-state index in [0.717, 1.165) is 0 Å². The van der Waals surface area contributed by atoms with Gasteiger partial charge in [0.15, 0.2) is 0 Å². The first-order valence-electron chi connectivity index (χ1n) is 7.29. The molecule has 2 aromatic carbocycles. The van der Waals surface area contributed by atoms with Crippen molar-refractivity contribution in [2.45, 2.75) is 0 Å². The summed E-state index contributed by atoms with van der Waals surface area (Å²) in [6.45, 7) is 0. The maximum absolute atomic E-state index is 12.4. The van der Waals surface area contributed by atoms with E-state index >= 15 is 0 Å². The molecule has 8 heteroatoms.